The van der Waals surface area contributed by atoms with Gasteiger partial charge in [-0.25, -0.2) is 4.39 Å². The summed E-state index contributed by atoms with van der Waals surface area (Å²) in [5.41, 5.74) is 3.09. The minimum absolute atomic E-state index is 0.112. The van der Waals surface area contributed by atoms with Crippen molar-refractivity contribution in [2.45, 2.75) is 32.3 Å². The van der Waals surface area contributed by atoms with Crippen molar-refractivity contribution in [3.63, 3.8) is 0 Å². The van der Waals surface area contributed by atoms with Gasteiger partial charge >= 0.3 is 0 Å². The van der Waals surface area contributed by atoms with Gasteiger partial charge in [-0.15, -0.1) is 0 Å². The summed E-state index contributed by atoms with van der Waals surface area (Å²) >= 11 is 0. The largest absolute Gasteiger partial charge is 0.454 e. The minimum Gasteiger partial charge on any atom is -0.454 e. The standard InChI is InChI=1S/C17H17FO2/c1-11(19)15-6-3-7-16(18)17(15)20-14-9-8-12-4-2-5-13(12)10-14/h3,6-11,19H,2,4-5H2,1H3/t11-/m1/s1. The predicted octanol–water partition coefficient (Wildman–Crippen LogP) is 4.16. The van der Waals surface area contributed by atoms with Gasteiger partial charge in [-0.05, 0) is 55.5 Å². The highest BCUT2D eigenvalue weighted by Crippen LogP contribution is 2.34. The molecule has 104 valence electrons. The van der Waals surface area contributed by atoms with Crippen molar-refractivity contribution in [2.75, 3.05) is 0 Å². The summed E-state index contributed by atoms with van der Waals surface area (Å²) in [7, 11) is 0. The van der Waals surface area contributed by atoms with Gasteiger partial charge in [0.1, 0.15) is 5.75 Å². The first-order chi connectivity index (χ1) is 9.65. The lowest BCUT2D eigenvalue weighted by atomic mass is 10.1. The first kappa shape index (κ1) is 13.1. The molecule has 1 N–H and O–H groups in total. The Bertz CT molecular complexity index is 635. The van der Waals surface area contributed by atoms with Gasteiger partial charge in [-0.3, -0.25) is 0 Å². The molecule has 0 saturated heterocycles. The molecule has 1 atom stereocenters. The molecular formula is C17H17FO2. The average molecular weight is 272 g/mol. The molecule has 0 aliphatic heterocycles. The smallest absolute Gasteiger partial charge is 0.168 e. The van der Waals surface area contributed by atoms with E-state index in [4.69, 9.17) is 4.74 Å². The number of aryl methyl sites for hydroxylation is 2. The topological polar surface area (TPSA) is 29.5 Å². The zero-order chi connectivity index (χ0) is 14.1. The van der Waals surface area contributed by atoms with Crippen LogP contribution in [0.15, 0.2) is 36.4 Å². The Morgan fingerprint density at radius 3 is 2.75 bits per heavy atom. The maximum absolute atomic E-state index is 13.9. The quantitative estimate of drug-likeness (QED) is 0.909. The molecule has 1 aliphatic rings. The zero-order valence-corrected chi connectivity index (χ0v) is 11.4. The van der Waals surface area contributed by atoms with E-state index in [9.17, 15) is 9.50 Å². The first-order valence-corrected chi connectivity index (χ1v) is 6.91. The fraction of sp³-hybridized carbons (Fsp3) is 0.294. The summed E-state index contributed by atoms with van der Waals surface area (Å²) in [5, 5.41) is 9.72. The monoisotopic (exact) mass is 272 g/mol. The van der Waals surface area contributed by atoms with E-state index in [0.717, 1.165) is 19.3 Å². The highest BCUT2D eigenvalue weighted by molar-refractivity contribution is 5.43. The van der Waals surface area contributed by atoms with Crippen LogP contribution in [0.4, 0.5) is 4.39 Å². The van der Waals surface area contributed by atoms with Gasteiger partial charge in [-0.2, -0.15) is 0 Å². The second-order valence-electron chi connectivity index (χ2n) is 5.22. The fourth-order valence-corrected chi connectivity index (χ4v) is 2.69. The van der Waals surface area contributed by atoms with Gasteiger partial charge in [-0.1, -0.05) is 18.2 Å². The number of fused-ring (bicyclic) bond motifs is 1. The van der Waals surface area contributed by atoms with Crippen LogP contribution in [-0.4, -0.2) is 5.11 Å². The summed E-state index contributed by atoms with van der Waals surface area (Å²) in [6, 6.07) is 10.5. The Balaban J connectivity index is 1.95. The van der Waals surface area contributed by atoms with Crippen LogP contribution < -0.4 is 4.74 Å². The van der Waals surface area contributed by atoms with Crippen molar-refractivity contribution in [1.82, 2.24) is 0 Å². The normalized spacial score (nSPS) is 14.9. The summed E-state index contributed by atoms with van der Waals surface area (Å²) in [4.78, 5) is 0. The van der Waals surface area contributed by atoms with Crippen LogP contribution in [0.1, 0.15) is 36.1 Å². The molecule has 2 aromatic carbocycles. The Hall–Kier alpha value is -1.87. The predicted molar refractivity (Wildman–Crippen MR) is 75.6 cm³/mol. The Labute approximate surface area is 117 Å². The number of benzene rings is 2. The van der Waals surface area contributed by atoms with Gasteiger partial charge in [0, 0.05) is 5.56 Å². The van der Waals surface area contributed by atoms with Crippen LogP contribution in [-0.2, 0) is 12.8 Å². The highest BCUT2D eigenvalue weighted by atomic mass is 19.1. The lowest BCUT2D eigenvalue weighted by Gasteiger charge is -2.14. The lowest BCUT2D eigenvalue weighted by molar-refractivity contribution is 0.194. The molecule has 0 fully saturated rings. The van der Waals surface area contributed by atoms with Gasteiger partial charge in [0.05, 0.1) is 6.10 Å². The van der Waals surface area contributed by atoms with Crippen LogP contribution >= 0.6 is 0 Å². The highest BCUT2D eigenvalue weighted by Gasteiger charge is 2.16. The third-order valence-electron chi connectivity index (χ3n) is 3.74. The van der Waals surface area contributed by atoms with E-state index in [2.05, 4.69) is 0 Å². The van der Waals surface area contributed by atoms with Crippen molar-refractivity contribution in [3.05, 3.63) is 58.9 Å². The molecule has 0 unspecified atom stereocenters. The van der Waals surface area contributed by atoms with E-state index < -0.39 is 11.9 Å². The SMILES string of the molecule is C[C@@H](O)c1cccc(F)c1Oc1ccc2c(c1)CCC2. The molecular weight excluding hydrogens is 255 g/mol. The van der Waals surface area contributed by atoms with Gasteiger partial charge in [0.25, 0.3) is 0 Å². The Kier molecular flexibility index (Phi) is 3.45. The number of aliphatic hydroxyl groups excluding tert-OH is 1. The van der Waals surface area contributed by atoms with Crippen LogP contribution in [0.3, 0.4) is 0 Å². The van der Waals surface area contributed by atoms with E-state index in [-0.39, 0.29) is 5.75 Å². The van der Waals surface area contributed by atoms with E-state index >= 15 is 0 Å². The third kappa shape index (κ3) is 2.41. The van der Waals surface area contributed by atoms with Crippen LogP contribution in [0.5, 0.6) is 11.5 Å². The summed E-state index contributed by atoms with van der Waals surface area (Å²) in [5.74, 6) is 0.280. The van der Waals surface area contributed by atoms with E-state index in [1.807, 2.05) is 18.2 Å². The van der Waals surface area contributed by atoms with Gasteiger partial charge in [0.2, 0.25) is 0 Å². The molecule has 1 aliphatic carbocycles. The average Bonchev–Trinajstić information content (AvgIpc) is 2.88. The number of para-hydroxylation sites is 1. The molecule has 0 bridgehead atoms. The van der Waals surface area contributed by atoms with E-state index in [0.29, 0.717) is 11.3 Å². The van der Waals surface area contributed by atoms with E-state index in [1.165, 1.54) is 17.2 Å². The maximum atomic E-state index is 13.9. The number of halogens is 1. The maximum Gasteiger partial charge on any atom is 0.168 e. The fourth-order valence-electron chi connectivity index (χ4n) is 2.69. The Morgan fingerprint density at radius 1 is 1.15 bits per heavy atom. The minimum atomic E-state index is -0.768. The van der Waals surface area contributed by atoms with Crippen molar-refractivity contribution in [1.29, 1.82) is 0 Å². The van der Waals surface area contributed by atoms with E-state index in [1.54, 1.807) is 19.1 Å². The number of hydrogen-bond acceptors (Lipinski definition) is 2. The molecule has 2 aromatic rings. The van der Waals surface area contributed by atoms with Crippen molar-refractivity contribution in [3.8, 4) is 11.5 Å². The number of rotatable bonds is 3. The zero-order valence-electron chi connectivity index (χ0n) is 11.4. The third-order valence-corrected chi connectivity index (χ3v) is 3.74. The molecule has 20 heavy (non-hydrogen) atoms. The molecule has 0 heterocycles. The van der Waals surface area contributed by atoms with Gasteiger partial charge < -0.3 is 9.84 Å². The molecule has 0 radical (unpaired) electrons. The molecule has 0 amide bonds. The van der Waals surface area contributed by atoms with Crippen molar-refractivity contribution in [2.24, 2.45) is 0 Å². The Morgan fingerprint density at radius 2 is 1.95 bits per heavy atom. The van der Waals surface area contributed by atoms with Crippen molar-refractivity contribution < 1.29 is 14.2 Å². The summed E-state index contributed by atoms with van der Waals surface area (Å²) in [6.45, 7) is 1.60. The number of aliphatic hydroxyl groups is 1. The number of ether oxygens (including phenoxy) is 1. The summed E-state index contributed by atoms with van der Waals surface area (Å²) < 4.78 is 19.6. The molecule has 0 spiro atoms. The van der Waals surface area contributed by atoms with Gasteiger partial charge in [0.15, 0.2) is 11.6 Å². The van der Waals surface area contributed by atoms with Crippen LogP contribution in [0, 0.1) is 5.82 Å². The molecule has 3 heteroatoms. The second-order valence-corrected chi connectivity index (χ2v) is 5.22. The molecule has 0 aromatic heterocycles. The van der Waals surface area contributed by atoms with Crippen LogP contribution in [0.25, 0.3) is 0 Å². The van der Waals surface area contributed by atoms with Crippen molar-refractivity contribution >= 4 is 0 Å². The first-order valence-electron chi connectivity index (χ1n) is 6.91. The number of hydrogen-bond donors (Lipinski definition) is 1. The lowest BCUT2D eigenvalue weighted by Crippen LogP contribution is -1.99. The molecule has 2 nitrogen and oxygen atoms in total. The summed E-state index contributed by atoms with van der Waals surface area (Å²) in [6.07, 6.45) is 2.55. The second kappa shape index (κ2) is 5.25. The van der Waals surface area contributed by atoms with Crippen LogP contribution in [0.2, 0.25) is 0 Å². The molecule has 0 saturated carbocycles. The molecule has 3 rings (SSSR count).